The molecule has 0 saturated heterocycles. The Hall–Kier alpha value is -1.07. The van der Waals surface area contributed by atoms with Gasteiger partial charge in [0.1, 0.15) is 5.69 Å². The van der Waals surface area contributed by atoms with Gasteiger partial charge in [0.25, 0.3) is 0 Å². The SMILES string of the molecule is CCn1ncc(OC)c1C(O)CCCOC. The minimum absolute atomic E-state index is 0.549. The van der Waals surface area contributed by atoms with Crippen LogP contribution >= 0.6 is 0 Å². The van der Waals surface area contributed by atoms with Crippen LogP contribution in [0, 0.1) is 0 Å². The number of ether oxygens (including phenoxy) is 2. The number of aryl methyl sites for hydroxylation is 1. The largest absolute Gasteiger partial charge is 0.493 e. The molecule has 0 radical (unpaired) electrons. The van der Waals surface area contributed by atoms with E-state index in [9.17, 15) is 5.11 Å². The number of methoxy groups -OCH3 is 2. The van der Waals surface area contributed by atoms with Crippen molar-refractivity contribution in [3.63, 3.8) is 0 Å². The molecule has 1 aromatic rings. The predicted octanol–water partition coefficient (Wildman–Crippen LogP) is 1.37. The van der Waals surface area contributed by atoms with E-state index >= 15 is 0 Å². The lowest BCUT2D eigenvalue weighted by molar-refractivity contribution is 0.127. The topological polar surface area (TPSA) is 56.5 Å². The minimum Gasteiger partial charge on any atom is -0.493 e. The molecule has 0 fully saturated rings. The Bertz CT molecular complexity index is 291. The number of rotatable bonds is 7. The molecule has 16 heavy (non-hydrogen) atoms. The summed E-state index contributed by atoms with van der Waals surface area (Å²) in [6.07, 6.45) is 2.55. The molecule has 0 spiro atoms. The molecule has 1 unspecified atom stereocenters. The van der Waals surface area contributed by atoms with Crippen molar-refractivity contribution in [2.24, 2.45) is 0 Å². The highest BCUT2D eigenvalue weighted by Crippen LogP contribution is 2.27. The van der Waals surface area contributed by atoms with Crippen LogP contribution < -0.4 is 4.74 Å². The van der Waals surface area contributed by atoms with E-state index < -0.39 is 6.10 Å². The molecule has 0 aliphatic heterocycles. The number of hydrogen-bond donors (Lipinski definition) is 1. The Morgan fingerprint density at radius 3 is 2.81 bits per heavy atom. The third-order valence-electron chi connectivity index (χ3n) is 2.51. The zero-order chi connectivity index (χ0) is 12.0. The normalized spacial score (nSPS) is 12.8. The molecule has 1 N–H and O–H groups in total. The molecule has 0 amide bonds. The second kappa shape index (κ2) is 6.50. The minimum atomic E-state index is -0.549. The number of aliphatic hydroxyl groups excluding tert-OH is 1. The number of nitrogens with zero attached hydrogens (tertiary/aromatic N) is 2. The molecular formula is C11H20N2O3. The van der Waals surface area contributed by atoms with Crippen LogP contribution in [0.3, 0.4) is 0 Å². The maximum atomic E-state index is 10.1. The van der Waals surface area contributed by atoms with E-state index in [0.29, 0.717) is 18.8 Å². The zero-order valence-corrected chi connectivity index (χ0v) is 10.1. The van der Waals surface area contributed by atoms with Gasteiger partial charge in [0.15, 0.2) is 5.75 Å². The van der Waals surface area contributed by atoms with Gasteiger partial charge >= 0.3 is 0 Å². The maximum Gasteiger partial charge on any atom is 0.162 e. The summed E-state index contributed by atoms with van der Waals surface area (Å²) >= 11 is 0. The Morgan fingerprint density at radius 1 is 1.50 bits per heavy atom. The summed E-state index contributed by atoms with van der Waals surface area (Å²) < 4.78 is 11.9. The van der Waals surface area contributed by atoms with Crippen LogP contribution in [0.5, 0.6) is 5.75 Å². The number of hydrogen-bond acceptors (Lipinski definition) is 4. The molecule has 0 aliphatic rings. The lowest BCUT2D eigenvalue weighted by Gasteiger charge is -2.13. The van der Waals surface area contributed by atoms with E-state index in [-0.39, 0.29) is 0 Å². The fourth-order valence-electron chi connectivity index (χ4n) is 1.68. The van der Waals surface area contributed by atoms with Crippen molar-refractivity contribution in [3.8, 4) is 5.75 Å². The van der Waals surface area contributed by atoms with E-state index in [1.165, 1.54) is 0 Å². The van der Waals surface area contributed by atoms with Gasteiger partial charge in [-0.3, -0.25) is 4.68 Å². The van der Waals surface area contributed by atoms with Gasteiger partial charge in [0.2, 0.25) is 0 Å². The van der Waals surface area contributed by atoms with Crippen molar-refractivity contribution in [1.29, 1.82) is 0 Å². The van der Waals surface area contributed by atoms with Crippen molar-refractivity contribution in [3.05, 3.63) is 11.9 Å². The van der Waals surface area contributed by atoms with Crippen LogP contribution in [-0.4, -0.2) is 35.7 Å². The fourth-order valence-corrected chi connectivity index (χ4v) is 1.68. The first kappa shape index (κ1) is 13.0. The molecule has 0 bridgehead atoms. The highest BCUT2D eigenvalue weighted by Gasteiger charge is 2.18. The molecule has 1 rings (SSSR count). The second-order valence-electron chi connectivity index (χ2n) is 3.56. The third-order valence-corrected chi connectivity index (χ3v) is 2.51. The van der Waals surface area contributed by atoms with E-state index in [0.717, 1.165) is 18.7 Å². The van der Waals surface area contributed by atoms with Crippen molar-refractivity contribution < 1.29 is 14.6 Å². The molecule has 0 aliphatic carbocycles. The summed E-state index contributed by atoms with van der Waals surface area (Å²) in [5, 5.41) is 14.2. The van der Waals surface area contributed by atoms with E-state index in [4.69, 9.17) is 9.47 Å². The molecule has 1 atom stereocenters. The van der Waals surface area contributed by atoms with Crippen LogP contribution in [-0.2, 0) is 11.3 Å². The van der Waals surface area contributed by atoms with E-state index in [2.05, 4.69) is 5.10 Å². The molecule has 1 heterocycles. The summed E-state index contributed by atoms with van der Waals surface area (Å²) in [7, 11) is 3.24. The first-order valence-corrected chi connectivity index (χ1v) is 5.51. The van der Waals surface area contributed by atoms with Gasteiger partial charge in [-0.15, -0.1) is 0 Å². The first-order chi connectivity index (χ1) is 7.74. The molecule has 0 saturated carbocycles. The van der Waals surface area contributed by atoms with Crippen molar-refractivity contribution >= 4 is 0 Å². The van der Waals surface area contributed by atoms with Crippen LogP contribution in [0.1, 0.15) is 31.6 Å². The monoisotopic (exact) mass is 228 g/mol. The summed E-state index contributed by atoms with van der Waals surface area (Å²) in [6.45, 7) is 3.36. The Morgan fingerprint density at radius 2 is 2.25 bits per heavy atom. The van der Waals surface area contributed by atoms with Gasteiger partial charge in [-0.05, 0) is 19.8 Å². The van der Waals surface area contributed by atoms with Gasteiger partial charge in [0, 0.05) is 20.3 Å². The van der Waals surface area contributed by atoms with Crippen molar-refractivity contribution in [2.45, 2.75) is 32.4 Å². The molecule has 1 aromatic heterocycles. The predicted molar refractivity (Wildman–Crippen MR) is 60.5 cm³/mol. The summed E-state index contributed by atoms with van der Waals surface area (Å²) in [4.78, 5) is 0. The Kier molecular flexibility index (Phi) is 5.28. The lowest BCUT2D eigenvalue weighted by Crippen LogP contribution is -2.09. The smallest absolute Gasteiger partial charge is 0.162 e. The van der Waals surface area contributed by atoms with Crippen molar-refractivity contribution in [2.75, 3.05) is 20.8 Å². The van der Waals surface area contributed by atoms with Crippen LogP contribution in [0.4, 0.5) is 0 Å². The number of aliphatic hydroxyl groups is 1. The third kappa shape index (κ3) is 2.96. The van der Waals surface area contributed by atoms with Gasteiger partial charge < -0.3 is 14.6 Å². The standard InChI is InChI=1S/C11H20N2O3/c1-4-13-11(10(16-3)8-12-13)9(14)6-5-7-15-2/h8-9,14H,4-7H2,1-3H3. The quantitative estimate of drug-likeness (QED) is 0.716. The first-order valence-electron chi connectivity index (χ1n) is 5.51. The van der Waals surface area contributed by atoms with Crippen LogP contribution in [0.15, 0.2) is 6.20 Å². The molecule has 92 valence electrons. The number of aromatic nitrogens is 2. The summed E-state index contributed by atoms with van der Waals surface area (Å²) in [6, 6.07) is 0. The zero-order valence-electron chi connectivity index (χ0n) is 10.1. The average molecular weight is 228 g/mol. The fraction of sp³-hybridized carbons (Fsp3) is 0.727. The van der Waals surface area contributed by atoms with E-state index in [1.54, 1.807) is 25.1 Å². The molecule has 5 nitrogen and oxygen atoms in total. The maximum absolute atomic E-state index is 10.1. The molecule has 5 heteroatoms. The van der Waals surface area contributed by atoms with Gasteiger partial charge in [-0.25, -0.2) is 0 Å². The Labute approximate surface area is 96.0 Å². The second-order valence-corrected chi connectivity index (χ2v) is 3.56. The van der Waals surface area contributed by atoms with Crippen LogP contribution in [0.2, 0.25) is 0 Å². The molecule has 0 aromatic carbocycles. The van der Waals surface area contributed by atoms with Crippen molar-refractivity contribution in [1.82, 2.24) is 9.78 Å². The van der Waals surface area contributed by atoms with Gasteiger partial charge in [-0.1, -0.05) is 0 Å². The summed E-state index contributed by atoms with van der Waals surface area (Å²) in [5.41, 5.74) is 0.751. The highest BCUT2D eigenvalue weighted by atomic mass is 16.5. The average Bonchev–Trinajstić information content (AvgIpc) is 2.71. The van der Waals surface area contributed by atoms with E-state index in [1.807, 2.05) is 6.92 Å². The van der Waals surface area contributed by atoms with Gasteiger partial charge in [0.05, 0.1) is 19.4 Å². The Balaban J connectivity index is 2.71. The van der Waals surface area contributed by atoms with Gasteiger partial charge in [-0.2, -0.15) is 5.10 Å². The highest BCUT2D eigenvalue weighted by molar-refractivity contribution is 5.27. The molecular weight excluding hydrogens is 208 g/mol. The summed E-state index contributed by atoms with van der Waals surface area (Å²) in [5.74, 6) is 0.645. The van der Waals surface area contributed by atoms with Crippen LogP contribution in [0.25, 0.3) is 0 Å². The lowest BCUT2D eigenvalue weighted by atomic mass is 10.1.